The highest BCUT2D eigenvalue weighted by atomic mass is 28.4. The van der Waals surface area contributed by atoms with Crippen molar-refractivity contribution in [3.63, 3.8) is 0 Å². The largest absolute Gasteiger partial charge is 0.465 e. The molecular formula is C25H44O8Si2. The summed E-state index contributed by atoms with van der Waals surface area (Å²) in [6.07, 6.45) is 0.479. The Morgan fingerprint density at radius 3 is 2.00 bits per heavy atom. The molecule has 0 saturated carbocycles. The average molecular weight is 529 g/mol. The number of cyclic esters (lactones) is 2. The van der Waals surface area contributed by atoms with E-state index in [0.29, 0.717) is 6.42 Å². The van der Waals surface area contributed by atoms with Crippen molar-refractivity contribution in [1.29, 1.82) is 0 Å². The first-order valence-electron chi connectivity index (χ1n) is 12.6. The molecule has 3 atom stereocenters. The van der Waals surface area contributed by atoms with Crippen molar-refractivity contribution in [2.75, 3.05) is 6.61 Å². The smallest absolute Gasteiger partial charge is 0.317 e. The van der Waals surface area contributed by atoms with Crippen LogP contribution in [0, 0.1) is 29.1 Å². The lowest BCUT2D eigenvalue weighted by atomic mass is 9.76. The van der Waals surface area contributed by atoms with Crippen LogP contribution in [0.2, 0.25) is 38.3 Å². The highest BCUT2D eigenvalue weighted by molar-refractivity contribution is 6.86. The van der Waals surface area contributed by atoms with Crippen LogP contribution >= 0.6 is 0 Å². The molecule has 35 heavy (non-hydrogen) atoms. The second-order valence-electron chi connectivity index (χ2n) is 13.3. The summed E-state index contributed by atoms with van der Waals surface area (Å²) in [6, 6.07) is 1.49. The van der Waals surface area contributed by atoms with Gasteiger partial charge in [-0.2, -0.15) is 0 Å². The van der Waals surface area contributed by atoms with Crippen molar-refractivity contribution in [3.8, 4) is 0 Å². The molecule has 0 aliphatic carbocycles. The summed E-state index contributed by atoms with van der Waals surface area (Å²) in [5.41, 5.74) is -1.19. The molecule has 2 saturated heterocycles. The molecule has 0 spiro atoms. The van der Waals surface area contributed by atoms with E-state index >= 15 is 0 Å². The fraction of sp³-hybridized carbons (Fsp3) is 0.840. The SMILES string of the molecule is CC(CC1C(=O)OC(=O)C1CC(C)(C)COC(=O)C1C[Si](C)(C)O[Si](C)(C)C1)C(=O)OC(C)(C)C. The van der Waals surface area contributed by atoms with Gasteiger partial charge in [-0.3, -0.25) is 19.2 Å². The molecule has 8 nitrogen and oxygen atoms in total. The Labute approximate surface area is 212 Å². The summed E-state index contributed by atoms with van der Waals surface area (Å²) in [4.78, 5) is 50.3. The molecule has 0 aromatic rings. The van der Waals surface area contributed by atoms with Crippen LogP contribution in [0.4, 0.5) is 0 Å². The predicted octanol–water partition coefficient (Wildman–Crippen LogP) is 4.69. The Bertz CT molecular complexity index is 827. The molecule has 0 aromatic heterocycles. The minimum absolute atomic E-state index is 0.138. The monoisotopic (exact) mass is 528 g/mol. The third kappa shape index (κ3) is 8.82. The Morgan fingerprint density at radius 1 is 0.971 bits per heavy atom. The first-order valence-corrected chi connectivity index (χ1v) is 18.8. The average Bonchev–Trinajstić information content (AvgIpc) is 2.88. The van der Waals surface area contributed by atoms with E-state index in [-0.39, 0.29) is 24.9 Å². The Kier molecular flexibility index (Phi) is 8.87. The van der Waals surface area contributed by atoms with E-state index < -0.39 is 63.3 Å². The number of carbonyl (C=O) groups is 4. The minimum atomic E-state index is -1.90. The Hall–Kier alpha value is -1.53. The maximum atomic E-state index is 12.9. The molecule has 200 valence electrons. The minimum Gasteiger partial charge on any atom is -0.465 e. The van der Waals surface area contributed by atoms with Gasteiger partial charge < -0.3 is 18.3 Å². The van der Waals surface area contributed by atoms with Gasteiger partial charge in [-0.15, -0.1) is 0 Å². The third-order valence-corrected chi connectivity index (χ3v) is 13.8. The van der Waals surface area contributed by atoms with Gasteiger partial charge in [-0.05, 0) is 77.3 Å². The highest BCUT2D eigenvalue weighted by Crippen LogP contribution is 2.40. The lowest BCUT2D eigenvalue weighted by Crippen LogP contribution is -2.52. The summed E-state index contributed by atoms with van der Waals surface area (Å²) in [5.74, 6) is -3.94. The summed E-state index contributed by atoms with van der Waals surface area (Å²) in [6.45, 7) is 19.6. The number of hydrogen-bond donors (Lipinski definition) is 0. The second kappa shape index (κ2) is 10.5. The van der Waals surface area contributed by atoms with Crippen molar-refractivity contribution in [1.82, 2.24) is 0 Å². The standard InChI is InChI=1S/C25H44O8Si2/c1-16(20(26)32-24(2,3)4)11-18-19(23(29)31-22(18)28)12-25(5,6)15-30-21(27)17-13-34(7,8)33-35(9,10)14-17/h16-19H,11-15H2,1-10H3. The van der Waals surface area contributed by atoms with Gasteiger partial charge in [-0.25, -0.2) is 0 Å². The molecule has 0 bridgehead atoms. The van der Waals surface area contributed by atoms with Crippen LogP contribution in [0.15, 0.2) is 0 Å². The molecule has 3 unspecified atom stereocenters. The number of carbonyl (C=O) groups excluding carboxylic acids is 4. The third-order valence-electron chi connectivity index (χ3n) is 6.45. The van der Waals surface area contributed by atoms with Crippen LogP contribution in [0.5, 0.6) is 0 Å². The molecule has 2 aliphatic rings. The van der Waals surface area contributed by atoms with E-state index in [2.05, 4.69) is 26.2 Å². The number of ether oxygens (including phenoxy) is 3. The van der Waals surface area contributed by atoms with Crippen LogP contribution < -0.4 is 0 Å². The van der Waals surface area contributed by atoms with Gasteiger partial charge in [0.1, 0.15) is 5.60 Å². The van der Waals surface area contributed by atoms with Gasteiger partial charge in [0.15, 0.2) is 16.6 Å². The molecular weight excluding hydrogens is 484 g/mol. The maximum absolute atomic E-state index is 12.9. The van der Waals surface area contributed by atoms with E-state index in [9.17, 15) is 19.2 Å². The van der Waals surface area contributed by atoms with Crippen molar-refractivity contribution < 1.29 is 37.5 Å². The van der Waals surface area contributed by atoms with E-state index in [1.807, 2.05) is 13.8 Å². The van der Waals surface area contributed by atoms with Crippen molar-refractivity contribution in [2.45, 2.75) is 98.3 Å². The summed E-state index contributed by atoms with van der Waals surface area (Å²) in [7, 11) is -3.80. The normalized spacial score (nSPS) is 25.7. The van der Waals surface area contributed by atoms with E-state index in [4.69, 9.17) is 18.3 Å². The van der Waals surface area contributed by atoms with E-state index in [1.54, 1.807) is 27.7 Å². The van der Waals surface area contributed by atoms with Gasteiger partial charge in [-0.1, -0.05) is 20.8 Å². The first-order chi connectivity index (χ1) is 15.7. The highest BCUT2D eigenvalue weighted by Gasteiger charge is 2.49. The molecule has 2 rings (SSSR count). The molecule has 0 radical (unpaired) electrons. The fourth-order valence-corrected chi connectivity index (χ4v) is 15.2. The van der Waals surface area contributed by atoms with Crippen LogP contribution in [0.25, 0.3) is 0 Å². The Balaban J connectivity index is 2.01. The predicted molar refractivity (Wildman–Crippen MR) is 136 cm³/mol. The van der Waals surface area contributed by atoms with Gasteiger partial charge in [0.2, 0.25) is 0 Å². The van der Waals surface area contributed by atoms with Crippen molar-refractivity contribution in [2.24, 2.45) is 29.1 Å². The van der Waals surface area contributed by atoms with Crippen LogP contribution in [0.3, 0.4) is 0 Å². The first kappa shape index (κ1) is 29.7. The Morgan fingerprint density at radius 2 is 1.49 bits per heavy atom. The lowest BCUT2D eigenvalue weighted by molar-refractivity contribution is -0.160. The number of hydrogen-bond acceptors (Lipinski definition) is 8. The molecule has 0 N–H and O–H groups in total. The van der Waals surface area contributed by atoms with E-state index in [0.717, 1.165) is 12.1 Å². The van der Waals surface area contributed by atoms with Crippen LogP contribution in [-0.4, -0.2) is 52.7 Å². The molecule has 2 fully saturated rings. The zero-order valence-corrected chi connectivity index (χ0v) is 25.1. The molecule has 2 heterocycles. The zero-order valence-electron chi connectivity index (χ0n) is 23.1. The van der Waals surface area contributed by atoms with Crippen molar-refractivity contribution >= 4 is 40.5 Å². The van der Waals surface area contributed by atoms with Gasteiger partial charge in [0, 0.05) is 0 Å². The maximum Gasteiger partial charge on any atom is 0.317 e. The lowest BCUT2D eigenvalue weighted by Gasteiger charge is -2.42. The van der Waals surface area contributed by atoms with Gasteiger partial charge in [0.05, 0.1) is 30.3 Å². The topological polar surface area (TPSA) is 105 Å². The molecule has 0 amide bonds. The van der Waals surface area contributed by atoms with E-state index in [1.165, 1.54) is 0 Å². The zero-order chi connectivity index (χ0) is 27.0. The number of esters is 4. The van der Waals surface area contributed by atoms with Crippen LogP contribution in [0.1, 0.15) is 54.4 Å². The number of rotatable bonds is 8. The van der Waals surface area contributed by atoms with Gasteiger partial charge in [0.25, 0.3) is 0 Å². The second-order valence-corrected chi connectivity index (χ2v) is 22.0. The van der Waals surface area contributed by atoms with Gasteiger partial charge >= 0.3 is 23.9 Å². The summed E-state index contributed by atoms with van der Waals surface area (Å²) >= 11 is 0. The fourth-order valence-electron chi connectivity index (χ4n) is 5.24. The molecule has 0 aromatic carbocycles. The summed E-state index contributed by atoms with van der Waals surface area (Å²) in [5, 5.41) is 0. The molecule has 10 heteroatoms. The van der Waals surface area contributed by atoms with Crippen molar-refractivity contribution in [3.05, 3.63) is 0 Å². The van der Waals surface area contributed by atoms with Crippen LogP contribution in [-0.2, 0) is 37.5 Å². The summed E-state index contributed by atoms with van der Waals surface area (Å²) < 4.78 is 22.5. The molecule has 2 aliphatic heterocycles. The quantitative estimate of drug-likeness (QED) is 0.193.